The first-order valence-corrected chi connectivity index (χ1v) is 9.89. The van der Waals surface area contributed by atoms with Gasteiger partial charge in [-0.3, -0.25) is 9.69 Å². The highest BCUT2D eigenvalue weighted by molar-refractivity contribution is 7.91. The van der Waals surface area contributed by atoms with E-state index in [1.165, 1.54) is 23.6 Å². The molecule has 1 heterocycles. The van der Waals surface area contributed by atoms with Crippen molar-refractivity contribution in [2.45, 2.75) is 24.6 Å². The number of thiophene rings is 1. The van der Waals surface area contributed by atoms with Crippen LogP contribution in [0.15, 0.2) is 33.9 Å². The zero-order valence-corrected chi connectivity index (χ0v) is 16.4. The van der Waals surface area contributed by atoms with E-state index in [1.807, 2.05) is 13.8 Å². The molecule has 0 fully saturated rings. The highest BCUT2D eigenvalue weighted by Gasteiger charge is 2.18. The molecule has 25 heavy (non-hydrogen) atoms. The van der Waals surface area contributed by atoms with Crippen LogP contribution in [-0.4, -0.2) is 37.3 Å². The van der Waals surface area contributed by atoms with Gasteiger partial charge in [0.25, 0.3) is 0 Å². The Morgan fingerprint density at radius 3 is 2.36 bits per heavy atom. The summed E-state index contributed by atoms with van der Waals surface area (Å²) in [4.78, 5) is 14.7. The number of carbonyl (C=O) groups excluding carboxylic acids is 1. The number of sulfonamides is 1. The van der Waals surface area contributed by atoms with Crippen molar-refractivity contribution in [1.29, 1.82) is 0 Å². The third kappa shape index (κ3) is 5.26. The van der Waals surface area contributed by atoms with Crippen LogP contribution in [0.25, 0.3) is 0 Å². The number of rotatable bonds is 7. The van der Waals surface area contributed by atoms with Gasteiger partial charge in [0.15, 0.2) is 5.78 Å². The summed E-state index contributed by atoms with van der Waals surface area (Å²) in [6, 6.07) is 5.93. The standard InChI is InChI=1S/C16H20N2O4S2.ClH/c1-3-18(4-2)9-12-7-11(5-6-14(12)19)16(20)13-8-15(23-10-13)24(17,21)22;/h5-8,10,19H,3-4,9H2,1-2H3,(H2,17,21,22);1H. The summed E-state index contributed by atoms with van der Waals surface area (Å²) in [5.41, 5.74) is 1.32. The van der Waals surface area contributed by atoms with Crippen LogP contribution in [-0.2, 0) is 16.6 Å². The van der Waals surface area contributed by atoms with Crippen LogP contribution >= 0.6 is 23.7 Å². The van der Waals surface area contributed by atoms with Crippen LogP contribution in [0.4, 0.5) is 0 Å². The van der Waals surface area contributed by atoms with Crippen molar-refractivity contribution in [3.05, 3.63) is 46.3 Å². The van der Waals surface area contributed by atoms with E-state index in [0.717, 1.165) is 24.4 Å². The average molecular weight is 405 g/mol. The van der Waals surface area contributed by atoms with Gasteiger partial charge < -0.3 is 5.11 Å². The first kappa shape index (κ1) is 21.6. The van der Waals surface area contributed by atoms with Crippen molar-refractivity contribution in [1.82, 2.24) is 4.90 Å². The van der Waals surface area contributed by atoms with Gasteiger partial charge in [0.2, 0.25) is 10.0 Å². The monoisotopic (exact) mass is 404 g/mol. The molecular formula is C16H21ClN2O4S2. The lowest BCUT2D eigenvalue weighted by Gasteiger charge is -2.19. The minimum Gasteiger partial charge on any atom is -0.508 e. The molecule has 0 unspecified atom stereocenters. The van der Waals surface area contributed by atoms with Crippen LogP contribution in [0.5, 0.6) is 5.75 Å². The lowest BCUT2D eigenvalue weighted by molar-refractivity contribution is 0.103. The molecule has 0 saturated heterocycles. The SMILES string of the molecule is CCN(CC)Cc1cc(C(=O)c2csc(S(N)(=O)=O)c2)ccc1O.Cl. The Morgan fingerprint density at radius 2 is 1.84 bits per heavy atom. The Kier molecular flexibility index (Phi) is 7.58. The van der Waals surface area contributed by atoms with Crippen molar-refractivity contribution in [3.63, 3.8) is 0 Å². The number of phenols is 1. The summed E-state index contributed by atoms with van der Waals surface area (Å²) >= 11 is 0.913. The van der Waals surface area contributed by atoms with E-state index < -0.39 is 10.0 Å². The molecule has 0 aliphatic carbocycles. The molecular weight excluding hydrogens is 384 g/mol. The Hall–Kier alpha value is -1.45. The molecule has 2 aromatic rings. The predicted octanol–water partition coefficient (Wildman–Crippen LogP) is 2.60. The van der Waals surface area contributed by atoms with E-state index >= 15 is 0 Å². The third-order valence-corrected chi connectivity index (χ3v) is 6.13. The van der Waals surface area contributed by atoms with Gasteiger partial charge in [-0.05, 0) is 37.4 Å². The summed E-state index contributed by atoms with van der Waals surface area (Å²) in [6.07, 6.45) is 0. The summed E-state index contributed by atoms with van der Waals surface area (Å²) in [5, 5.41) is 16.5. The molecule has 1 aromatic heterocycles. The fourth-order valence-corrected chi connectivity index (χ4v) is 3.88. The molecule has 0 bridgehead atoms. The highest BCUT2D eigenvalue weighted by atomic mass is 35.5. The second-order valence-electron chi connectivity index (χ2n) is 5.33. The second kappa shape index (κ2) is 8.77. The number of ketones is 1. The molecule has 0 amide bonds. The van der Waals surface area contributed by atoms with Gasteiger partial charge in [0.05, 0.1) is 0 Å². The van der Waals surface area contributed by atoms with Gasteiger partial charge in [-0.2, -0.15) is 0 Å². The van der Waals surface area contributed by atoms with E-state index in [1.54, 1.807) is 6.07 Å². The smallest absolute Gasteiger partial charge is 0.247 e. The van der Waals surface area contributed by atoms with Crippen molar-refractivity contribution in [3.8, 4) is 5.75 Å². The molecule has 0 aliphatic heterocycles. The fraction of sp³-hybridized carbons (Fsp3) is 0.312. The van der Waals surface area contributed by atoms with Crippen molar-refractivity contribution in [2.75, 3.05) is 13.1 Å². The zero-order valence-electron chi connectivity index (χ0n) is 13.9. The summed E-state index contributed by atoms with van der Waals surface area (Å²) < 4.78 is 22.6. The van der Waals surface area contributed by atoms with Gasteiger partial charge in [-0.1, -0.05) is 13.8 Å². The number of primary sulfonamides is 1. The molecule has 0 spiro atoms. The number of benzene rings is 1. The summed E-state index contributed by atoms with van der Waals surface area (Å²) in [7, 11) is -3.82. The third-order valence-electron chi connectivity index (χ3n) is 3.75. The van der Waals surface area contributed by atoms with Crippen LogP contribution < -0.4 is 5.14 Å². The number of nitrogens with two attached hydrogens (primary N) is 1. The van der Waals surface area contributed by atoms with E-state index in [-0.39, 0.29) is 33.7 Å². The Morgan fingerprint density at radius 1 is 1.20 bits per heavy atom. The summed E-state index contributed by atoms with van der Waals surface area (Å²) in [6.45, 7) is 6.24. The molecule has 0 saturated carbocycles. The topological polar surface area (TPSA) is 101 Å². The van der Waals surface area contributed by atoms with Gasteiger partial charge in [-0.25, -0.2) is 13.6 Å². The highest BCUT2D eigenvalue weighted by Crippen LogP contribution is 2.25. The van der Waals surface area contributed by atoms with Gasteiger partial charge >= 0.3 is 0 Å². The van der Waals surface area contributed by atoms with Gasteiger partial charge in [-0.15, -0.1) is 23.7 Å². The molecule has 1 aromatic carbocycles. The average Bonchev–Trinajstić information content (AvgIpc) is 3.03. The van der Waals surface area contributed by atoms with E-state index in [0.29, 0.717) is 17.7 Å². The lowest BCUT2D eigenvalue weighted by Crippen LogP contribution is -2.22. The number of halogens is 1. The van der Waals surface area contributed by atoms with E-state index in [2.05, 4.69) is 4.90 Å². The molecule has 3 N–H and O–H groups in total. The second-order valence-corrected chi connectivity index (χ2v) is 8.03. The fourth-order valence-electron chi connectivity index (χ4n) is 2.29. The maximum absolute atomic E-state index is 12.6. The van der Waals surface area contributed by atoms with Gasteiger partial charge in [0, 0.05) is 28.6 Å². The molecule has 0 radical (unpaired) electrons. The molecule has 138 valence electrons. The van der Waals surface area contributed by atoms with Crippen LogP contribution in [0, 0.1) is 0 Å². The van der Waals surface area contributed by atoms with Crippen molar-refractivity contribution < 1.29 is 18.3 Å². The summed E-state index contributed by atoms with van der Waals surface area (Å²) in [5.74, 6) is -0.170. The maximum Gasteiger partial charge on any atom is 0.247 e. The van der Waals surface area contributed by atoms with E-state index in [4.69, 9.17) is 5.14 Å². The normalized spacial score (nSPS) is 11.4. The number of carbonyl (C=O) groups is 1. The quantitative estimate of drug-likeness (QED) is 0.691. The van der Waals surface area contributed by atoms with Gasteiger partial charge in [0.1, 0.15) is 9.96 Å². The van der Waals surface area contributed by atoms with Crippen LogP contribution in [0.3, 0.4) is 0 Å². The maximum atomic E-state index is 12.6. The first-order chi connectivity index (χ1) is 11.3. The Bertz CT molecular complexity index is 846. The van der Waals surface area contributed by atoms with Crippen molar-refractivity contribution in [2.24, 2.45) is 5.14 Å². The lowest BCUT2D eigenvalue weighted by atomic mass is 10.0. The number of nitrogens with zero attached hydrogens (tertiary/aromatic N) is 1. The number of hydrogen-bond donors (Lipinski definition) is 2. The molecule has 6 nitrogen and oxygen atoms in total. The van der Waals surface area contributed by atoms with E-state index in [9.17, 15) is 18.3 Å². The first-order valence-electron chi connectivity index (χ1n) is 7.46. The van der Waals surface area contributed by atoms with Crippen LogP contribution in [0.1, 0.15) is 35.3 Å². The number of hydrogen-bond acceptors (Lipinski definition) is 6. The molecule has 0 aliphatic rings. The minimum absolute atomic E-state index is 0. The largest absolute Gasteiger partial charge is 0.508 e. The Balaban J connectivity index is 0.00000312. The molecule has 2 rings (SSSR count). The molecule has 0 atom stereocenters. The molecule has 9 heteroatoms. The number of phenolic OH excluding ortho intramolecular Hbond substituents is 1. The minimum atomic E-state index is -3.82. The number of aromatic hydroxyl groups is 1. The Labute approximate surface area is 157 Å². The predicted molar refractivity (Wildman–Crippen MR) is 101 cm³/mol. The zero-order chi connectivity index (χ0) is 17.9. The van der Waals surface area contributed by atoms with Crippen molar-refractivity contribution >= 4 is 39.6 Å². The van der Waals surface area contributed by atoms with Crippen LogP contribution in [0.2, 0.25) is 0 Å².